The largest absolute Gasteiger partial charge is 0.337 e. The van der Waals surface area contributed by atoms with Crippen molar-refractivity contribution in [2.24, 2.45) is 0 Å². The summed E-state index contributed by atoms with van der Waals surface area (Å²) >= 11 is 2.47. The summed E-state index contributed by atoms with van der Waals surface area (Å²) in [6, 6.07) is 6.25. The normalized spacial score (nSPS) is 19.7. The molecule has 1 N–H and O–H groups in total. The van der Waals surface area contributed by atoms with Crippen LogP contribution in [-0.4, -0.2) is 44.7 Å². The van der Waals surface area contributed by atoms with Gasteiger partial charge in [-0.05, 0) is 45.2 Å². The highest BCUT2D eigenvalue weighted by Gasteiger charge is 2.28. The summed E-state index contributed by atoms with van der Waals surface area (Å²) in [6.45, 7) is 4.17. The van der Waals surface area contributed by atoms with Crippen LogP contribution in [0.5, 0.6) is 0 Å². The molecular formula is C18H21FN4O2S2. The van der Waals surface area contributed by atoms with Gasteiger partial charge in [0.05, 0.1) is 11.3 Å². The number of carbonyl (C=O) groups excluding carboxylic acids is 2. The van der Waals surface area contributed by atoms with Crippen molar-refractivity contribution in [3.63, 3.8) is 0 Å². The standard InChI is InChI=1S/C18H21FN4O2S2/c1-11-6-5-7-12(2)23(11)15(24)10-26-18-22-21-17(27-18)20-16(25)13-8-3-4-9-14(13)19/h3-4,8-9,11-12H,5-7,10H2,1-2H3,(H,20,21,25)/t11-,12+. The van der Waals surface area contributed by atoms with Gasteiger partial charge in [-0.2, -0.15) is 0 Å². The third kappa shape index (κ3) is 4.84. The highest BCUT2D eigenvalue weighted by atomic mass is 32.2. The number of rotatable bonds is 5. The summed E-state index contributed by atoms with van der Waals surface area (Å²) in [5, 5.41) is 10.7. The minimum absolute atomic E-state index is 0.0508. The summed E-state index contributed by atoms with van der Waals surface area (Å²) in [7, 11) is 0. The van der Waals surface area contributed by atoms with Crippen molar-refractivity contribution < 1.29 is 14.0 Å². The van der Waals surface area contributed by atoms with Crippen LogP contribution in [0.2, 0.25) is 0 Å². The van der Waals surface area contributed by atoms with Crippen LogP contribution in [0, 0.1) is 5.82 Å². The number of aromatic nitrogens is 2. The maximum atomic E-state index is 13.7. The van der Waals surface area contributed by atoms with E-state index in [0.29, 0.717) is 4.34 Å². The average Bonchev–Trinajstić information content (AvgIpc) is 3.07. The van der Waals surface area contributed by atoms with E-state index >= 15 is 0 Å². The zero-order valence-corrected chi connectivity index (χ0v) is 16.8. The Kier molecular flexibility index (Phi) is 6.43. The van der Waals surface area contributed by atoms with Gasteiger partial charge in [0, 0.05) is 12.1 Å². The first-order valence-electron chi connectivity index (χ1n) is 8.79. The Morgan fingerprint density at radius 1 is 1.26 bits per heavy atom. The molecule has 1 aliphatic rings. The number of amides is 2. The number of halogens is 1. The lowest BCUT2D eigenvalue weighted by molar-refractivity contribution is -0.134. The molecule has 0 saturated carbocycles. The van der Waals surface area contributed by atoms with Crippen LogP contribution in [0.25, 0.3) is 0 Å². The van der Waals surface area contributed by atoms with Crippen LogP contribution < -0.4 is 5.32 Å². The van der Waals surface area contributed by atoms with Gasteiger partial charge in [-0.15, -0.1) is 10.2 Å². The lowest BCUT2D eigenvalue weighted by Crippen LogP contribution is -2.48. The first-order valence-corrected chi connectivity index (χ1v) is 10.6. The molecule has 1 aromatic heterocycles. The highest BCUT2D eigenvalue weighted by Crippen LogP contribution is 2.28. The Hall–Kier alpha value is -2.00. The monoisotopic (exact) mass is 408 g/mol. The van der Waals surface area contributed by atoms with Gasteiger partial charge in [0.2, 0.25) is 11.0 Å². The van der Waals surface area contributed by atoms with Crippen molar-refractivity contribution in [2.75, 3.05) is 11.1 Å². The molecule has 2 atom stereocenters. The van der Waals surface area contributed by atoms with E-state index in [0.717, 1.165) is 19.3 Å². The summed E-state index contributed by atoms with van der Waals surface area (Å²) in [5.41, 5.74) is -0.0508. The van der Waals surface area contributed by atoms with E-state index < -0.39 is 11.7 Å². The number of nitrogens with zero attached hydrogens (tertiary/aromatic N) is 3. The molecule has 0 radical (unpaired) electrons. The topological polar surface area (TPSA) is 75.2 Å². The number of carbonyl (C=O) groups is 2. The molecule has 6 nitrogen and oxygen atoms in total. The molecule has 1 aliphatic heterocycles. The molecule has 144 valence electrons. The van der Waals surface area contributed by atoms with Crippen molar-refractivity contribution in [3.8, 4) is 0 Å². The number of thioether (sulfide) groups is 1. The third-order valence-electron chi connectivity index (χ3n) is 4.55. The quantitative estimate of drug-likeness (QED) is 0.601. The Labute approximate surface area is 165 Å². The molecular weight excluding hydrogens is 387 g/mol. The molecule has 27 heavy (non-hydrogen) atoms. The molecule has 2 amide bonds. The molecule has 1 saturated heterocycles. The van der Waals surface area contributed by atoms with Crippen LogP contribution >= 0.6 is 23.1 Å². The van der Waals surface area contributed by atoms with Crippen molar-refractivity contribution in [3.05, 3.63) is 35.6 Å². The van der Waals surface area contributed by atoms with Gasteiger partial charge in [-0.3, -0.25) is 14.9 Å². The summed E-state index contributed by atoms with van der Waals surface area (Å²) in [5.74, 6) is -0.797. The molecule has 0 unspecified atom stereocenters. The number of anilines is 1. The number of piperidine rings is 1. The van der Waals surface area contributed by atoms with E-state index in [9.17, 15) is 14.0 Å². The molecule has 0 spiro atoms. The fourth-order valence-corrected chi connectivity index (χ4v) is 4.86. The SMILES string of the molecule is C[C@@H]1CCC[C@H](C)N1C(=O)CSc1nnc(NC(=O)c2ccccc2F)s1. The van der Waals surface area contributed by atoms with Crippen LogP contribution in [0.4, 0.5) is 9.52 Å². The minimum Gasteiger partial charge on any atom is -0.337 e. The summed E-state index contributed by atoms with van der Waals surface area (Å²) in [6.07, 6.45) is 3.22. The van der Waals surface area contributed by atoms with Gasteiger partial charge in [-0.25, -0.2) is 4.39 Å². The molecule has 0 aliphatic carbocycles. The van der Waals surface area contributed by atoms with E-state index in [-0.39, 0.29) is 34.4 Å². The fraction of sp³-hybridized carbons (Fsp3) is 0.444. The molecule has 1 fully saturated rings. The maximum Gasteiger partial charge on any atom is 0.260 e. The number of benzene rings is 1. The zero-order chi connectivity index (χ0) is 19.4. The van der Waals surface area contributed by atoms with Crippen molar-refractivity contribution >= 4 is 40.0 Å². The Morgan fingerprint density at radius 3 is 2.67 bits per heavy atom. The number of hydrogen-bond donors (Lipinski definition) is 1. The van der Waals surface area contributed by atoms with E-state index in [1.54, 1.807) is 6.07 Å². The van der Waals surface area contributed by atoms with E-state index in [1.165, 1.54) is 41.3 Å². The predicted octanol–water partition coefficient (Wildman–Crippen LogP) is 3.81. The zero-order valence-electron chi connectivity index (χ0n) is 15.1. The van der Waals surface area contributed by atoms with Crippen LogP contribution in [0.1, 0.15) is 43.5 Å². The first kappa shape index (κ1) is 19.8. The molecule has 0 bridgehead atoms. The second-order valence-electron chi connectivity index (χ2n) is 6.53. The maximum absolute atomic E-state index is 13.7. The second kappa shape index (κ2) is 8.79. The van der Waals surface area contributed by atoms with Gasteiger partial charge >= 0.3 is 0 Å². The summed E-state index contributed by atoms with van der Waals surface area (Å²) < 4.78 is 14.2. The van der Waals surface area contributed by atoms with Crippen LogP contribution in [-0.2, 0) is 4.79 Å². The number of nitrogens with one attached hydrogen (secondary N) is 1. The minimum atomic E-state index is -0.593. The lowest BCUT2D eigenvalue weighted by atomic mass is 9.98. The Bertz CT molecular complexity index is 819. The summed E-state index contributed by atoms with van der Waals surface area (Å²) in [4.78, 5) is 26.6. The van der Waals surface area contributed by atoms with Crippen molar-refractivity contribution in [1.29, 1.82) is 0 Å². The predicted molar refractivity (Wildman–Crippen MR) is 105 cm³/mol. The molecule has 3 rings (SSSR count). The molecule has 1 aromatic carbocycles. The number of hydrogen-bond acceptors (Lipinski definition) is 6. The van der Waals surface area contributed by atoms with Gasteiger partial charge in [0.1, 0.15) is 5.82 Å². The van der Waals surface area contributed by atoms with Gasteiger partial charge in [0.25, 0.3) is 5.91 Å². The first-order chi connectivity index (χ1) is 13.0. The van der Waals surface area contributed by atoms with Crippen molar-refractivity contribution in [2.45, 2.75) is 49.5 Å². The molecule has 9 heteroatoms. The van der Waals surface area contributed by atoms with E-state index in [1.807, 2.05) is 4.90 Å². The van der Waals surface area contributed by atoms with E-state index in [4.69, 9.17) is 0 Å². The van der Waals surface area contributed by atoms with Gasteiger partial charge in [-0.1, -0.05) is 35.2 Å². The smallest absolute Gasteiger partial charge is 0.260 e. The second-order valence-corrected chi connectivity index (χ2v) is 8.73. The Morgan fingerprint density at radius 2 is 1.96 bits per heavy atom. The van der Waals surface area contributed by atoms with Crippen LogP contribution in [0.3, 0.4) is 0 Å². The van der Waals surface area contributed by atoms with E-state index in [2.05, 4.69) is 29.4 Å². The molecule has 2 heterocycles. The molecule has 2 aromatic rings. The number of likely N-dealkylation sites (tertiary alicyclic amines) is 1. The lowest BCUT2D eigenvalue weighted by Gasteiger charge is -2.39. The fourth-order valence-electron chi connectivity index (χ4n) is 3.24. The highest BCUT2D eigenvalue weighted by molar-refractivity contribution is 8.01. The third-order valence-corrected chi connectivity index (χ3v) is 6.50. The Balaban J connectivity index is 1.56. The van der Waals surface area contributed by atoms with Crippen LogP contribution in [0.15, 0.2) is 28.6 Å². The van der Waals surface area contributed by atoms with Crippen molar-refractivity contribution in [1.82, 2.24) is 15.1 Å². The van der Waals surface area contributed by atoms with Gasteiger partial charge < -0.3 is 4.90 Å². The van der Waals surface area contributed by atoms with Gasteiger partial charge in [0.15, 0.2) is 4.34 Å². The average molecular weight is 409 g/mol.